The first-order chi connectivity index (χ1) is 9.94. The van der Waals surface area contributed by atoms with Crippen LogP contribution in [-0.2, 0) is 6.42 Å². The lowest BCUT2D eigenvalue weighted by Crippen LogP contribution is -2.40. The third-order valence-corrected chi connectivity index (χ3v) is 4.83. The molecule has 2 rings (SSSR count). The van der Waals surface area contributed by atoms with Gasteiger partial charge in [-0.2, -0.15) is 0 Å². The molecule has 0 aliphatic heterocycles. The lowest BCUT2D eigenvalue weighted by molar-refractivity contribution is 0.316. The molecule has 118 valence electrons. The Balaban J connectivity index is 1.98. The van der Waals surface area contributed by atoms with Gasteiger partial charge >= 0.3 is 0 Å². The average molecular weight is 287 g/mol. The Labute approximate surface area is 131 Å². The minimum Gasteiger partial charge on any atom is -0.312 e. The molecule has 1 nitrogen and oxygen atoms in total. The molecule has 0 amide bonds. The van der Waals surface area contributed by atoms with Crippen LogP contribution < -0.4 is 5.32 Å². The van der Waals surface area contributed by atoms with E-state index in [1.54, 1.807) is 0 Å². The van der Waals surface area contributed by atoms with Gasteiger partial charge in [-0.25, -0.2) is 0 Å². The summed E-state index contributed by atoms with van der Waals surface area (Å²) in [4.78, 5) is 0. The fourth-order valence-corrected chi connectivity index (χ4v) is 3.56. The van der Waals surface area contributed by atoms with Crippen molar-refractivity contribution in [3.05, 3.63) is 35.4 Å². The Hall–Kier alpha value is -0.820. The van der Waals surface area contributed by atoms with Crippen LogP contribution in [0.5, 0.6) is 0 Å². The van der Waals surface area contributed by atoms with Gasteiger partial charge in [-0.15, -0.1) is 0 Å². The molecule has 1 aliphatic carbocycles. The third kappa shape index (κ3) is 5.82. The van der Waals surface area contributed by atoms with Gasteiger partial charge in [0, 0.05) is 5.54 Å². The summed E-state index contributed by atoms with van der Waals surface area (Å²) in [6.07, 6.45) is 8.45. The maximum absolute atomic E-state index is 3.74. The number of hydrogen-bond donors (Lipinski definition) is 1. The second-order valence-corrected chi connectivity index (χ2v) is 8.01. The summed E-state index contributed by atoms with van der Waals surface area (Å²) in [6, 6.07) is 8.90. The lowest BCUT2D eigenvalue weighted by Gasteiger charge is -2.27. The Morgan fingerprint density at radius 2 is 1.81 bits per heavy atom. The molecule has 1 atom stereocenters. The first-order valence-corrected chi connectivity index (χ1v) is 8.73. The van der Waals surface area contributed by atoms with Gasteiger partial charge in [-0.3, -0.25) is 0 Å². The molecule has 1 heteroatoms. The van der Waals surface area contributed by atoms with E-state index in [9.17, 15) is 0 Å². The van der Waals surface area contributed by atoms with Gasteiger partial charge in [-0.05, 0) is 70.0 Å². The zero-order valence-corrected chi connectivity index (χ0v) is 14.4. The van der Waals surface area contributed by atoms with E-state index < -0.39 is 0 Å². The van der Waals surface area contributed by atoms with Crippen molar-refractivity contribution in [3.8, 4) is 0 Å². The number of benzene rings is 1. The van der Waals surface area contributed by atoms with E-state index in [4.69, 9.17) is 0 Å². The number of aryl methyl sites for hydroxylation is 1. The molecule has 0 heterocycles. The molecular weight excluding hydrogens is 254 g/mol. The average Bonchev–Trinajstić information content (AvgIpc) is 2.90. The van der Waals surface area contributed by atoms with Crippen molar-refractivity contribution in [1.29, 1.82) is 0 Å². The van der Waals surface area contributed by atoms with E-state index in [0.29, 0.717) is 0 Å². The number of nitrogens with one attached hydrogen (secondary N) is 1. The summed E-state index contributed by atoms with van der Waals surface area (Å²) in [6.45, 7) is 10.2. The Morgan fingerprint density at radius 1 is 1.14 bits per heavy atom. The molecule has 1 aromatic rings. The summed E-state index contributed by atoms with van der Waals surface area (Å²) in [5, 5.41) is 3.74. The molecule has 1 fully saturated rings. The molecule has 21 heavy (non-hydrogen) atoms. The molecular formula is C20H33N. The minimum atomic E-state index is 0.222. The zero-order valence-electron chi connectivity index (χ0n) is 14.4. The fourth-order valence-electron chi connectivity index (χ4n) is 3.56. The van der Waals surface area contributed by atoms with E-state index >= 15 is 0 Å². The lowest BCUT2D eigenvalue weighted by atomic mass is 9.87. The smallest absolute Gasteiger partial charge is 0.00966 e. The normalized spacial score (nSPS) is 18.1. The standard InChI is InChI=1S/C20H33N/c1-16-9-5-8-12-19(16)14-18(15-21-20(2,3)4)13-17-10-6-7-11-17/h5,8-9,12,17-18,21H,6-7,10-11,13-15H2,1-4H3. The molecule has 0 aromatic heterocycles. The fraction of sp³-hybridized carbons (Fsp3) is 0.700. The molecule has 1 saturated carbocycles. The largest absolute Gasteiger partial charge is 0.312 e. The van der Waals surface area contributed by atoms with Crippen molar-refractivity contribution < 1.29 is 0 Å². The maximum atomic E-state index is 3.74. The van der Waals surface area contributed by atoms with Crippen LogP contribution in [0.2, 0.25) is 0 Å². The van der Waals surface area contributed by atoms with Crippen molar-refractivity contribution >= 4 is 0 Å². The summed E-state index contributed by atoms with van der Waals surface area (Å²) in [5.74, 6) is 1.74. The molecule has 1 N–H and O–H groups in total. The van der Waals surface area contributed by atoms with Crippen LogP contribution in [0.3, 0.4) is 0 Å². The summed E-state index contributed by atoms with van der Waals surface area (Å²) in [5.41, 5.74) is 3.21. The van der Waals surface area contributed by atoms with Crippen LogP contribution in [-0.4, -0.2) is 12.1 Å². The van der Waals surface area contributed by atoms with E-state index in [1.165, 1.54) is 49.7 Å². The highest BCUT2D eigenvalue weighted by molar-refractivity contribution is 5.26. The van der Waals surface area contributed by atoms with Gasteiger partial charge in [-0.1, -0.05) is 49.9 Å². The molecule has 1 unspecified atom stereocenters. The topological polar surface area (TPSA) is 12.0 Å². The van der Waals surface area contributed by atoms with Gasteiger partial charge in [0.15, 0.2) is 0 Å². The molecule has 0 radical (unpaired) electrons. The second-order valence-electron chi connectivity index (χ2n) is 8.01. The number of rotatable bonds is 6. The SMILES string of the molecule is Cc1ccccc1CC(CNC(C)(C)C)CC1CCCC1. The van der Waals surface area contributed by atoms with Crippen LogP contribution in [0.25, 0.3) is 0 Å². The predicted molar refractivity (Wildman–Crippen MR) is 92.7 cm³/mol. The van der Waals surface area contributed by atoms with Gasteiger partial charge in [0.05, 0.1) is 0 Å². The molecule has 0 spiro atoms. The Bertz CT molecular complexity index is 424. The molecule has 0 saturated heterocycles. The highest BCUT2D eigenvalue weighted by atomic mass is 14.9. The van der Waals surface area contributed by atoms with Crippen molar-refractivity contribution in [2.45, 2.75) is 71.8 Å². The third-order valence-electron chi connectivity index (χ3n) is 4.83. The highest BCUT2D eigenvalue weighted by Crippen LogP contribution is 2.31. The van der Waals surface area contributed by atoms with E-state index in [1.807, 2.05) is 0 Å². The van der Waals surface area contributed by atoms with E-state index in [2.05, 4.69) is 57.3 Å². The first-order valence-electron chi connectivity index (χ1n) is 8.73. The van der Waals surface area contributed by atoms with Gasteiger partial charge in [0.2, 0.25) is 0 Å². The molecule has 1 aromatic carbocycles. The molecule has 0 bridgehead atoms. The summed E-state index contributed by atoms with van der Waals surface area (Å²) in [7, 11) is 0. The highest BCUT2D eigenvalue weighted by Gasteiger charge is 2.22. The van der Waals surface area contributed by atoms with Gasteiger partial charge in [0.1, 0.15) is 0 Å². The van der Waals surface area contributed by atoms with Crippen LogP contribution in [0.15, 0.2) is 24.3 Å². The van der Waals surface area contributed by atoms with Gasteiger partial charge in [0.25, 0.3) is 0 Å². The van der Waals surface area contributed by atoms with Crippen LogP contribution in [0.1, 0.15) is 64.0 Å². The summed E-state index contributed by atoms with van der Waals surface area (Å²) < 4.78 is 0. The van der Waals surface area contributed by atoms with E-state index in [0.717, 1.165) is 18.4 Å². The first kappa shape index (κ1) is 16.5. The van der Waals surface area contributed by atoms with E-state index in [-0.39, 0.29) is 5.54 Å². The maximum Gasteiger partial charge on any atom is 0.00966 e. The van der Waals surface area contributed by atoms with Gasteiger partial charge < -0.3 is 5.32 Å². The molecule has 1 aliphatic rings. The Morgan fingerprint density at radius 3 is 2.43 bits per heavy atom. The zero-order chi connectivity index (χ0) is 15.3. The minimum absolute atomic E-state index is 0.222. The summed E-state index contributed by atoms with van der Waals surface area (Å²) >= 11 is 0. The quantitative estimate of drug-likeness (QED) is 0.765. The van der Waals surface area contributed by atoms with Crippen LogP contribution >= 0.6 is 0 Å². The van der Waals surface area contributed by atoms with Crippen molar-refractivity contribution in [3.63, 3.8) is 0 Å². The monoisotopic (exact) mass is 287 g/mol. The second kappa shape index (κ2) is 7.45. The van der Waals surface area contributed by atoms with Crippen LogP contribution in [0, 0.1) is 18.8 Å². The van der Waals surface area contributed by atoms with Crippen molar-refractivity contribution in [2.75, 3.05) is 6.54 Å². The Kier molecular flexibility index (Phi) is 5.87. The van der Waals surface area contributed by atoms with Crippen molar-refractivity contribution in [1.82, 2.24) is 5.32 Å². The predicted octanol–water partition coefficient (Wildman–Crippen LogP) is 5.12. The van der Waals surface area contributed by atoms with Crippen molar-refractivity contribution in [2.24, 2.45) is 11.8 Å². The van der Waals surface area contributed by atoms with Crippen LogP contribution in [0.4, 0.5) is 0 Å². The number of hydrogen-bond acceptors (Lipinski definition) is 1.